The van der Waals surface area contributed by atoms with E-state index in [0.29, 0.717) is 5.76 Å². The first-order chi connectivity index (χ1) is 9.02. The molecule has 0 atom stereocenters. The van der Waals surface area contributed by atoms with E-state index in [1.807, 2.05) is 18.2 Å². The molecule has 5 nitrogen and oxygen atoms in total. The van der Waals surface area contributed by atoms with Gasteiger partial charge in [0, 0.05) is 11.6 Å². The van der Waals surface area contributed by atoms with Crippen LogP contribution in [-0.4, -0.2) is 23.3 Å². The molecule has 0 bridgehead atoms. The second-order valence-electron chi connectivity index (χ2n) is 4.49. The number of methoxy groups -OCH3 is 1. The Morgan fingerprint density at radius 1 is 1.37 bits per heavy atom. The highest BCUT2D eigenvalue weighted by Gasteiger charge is 2.15. The second kappa shape index (κ2) is 5.14. The first kappa shape index (κ1) is 13.1. The van der Waals surface area contributed by atoms with Crippen LogP contribution in [0.25, 0.3) is 11.3 Å². The number of carboxylic acids is 1. The van der Waals surface area contributed by atoms with Crippen LogP contribution in [0, 0.1) is 0 Å². The van der Waals surface area contributed by atoms with Gasteiger partial charge < -0.3 is 14.4 Å². The Balaban J connectivity index is 2.44. The quantitative estimate of drug-likeness (QED) is 0.915. The molecule has 0 aliphatic heterocycles. The van der Waals surface area contributed by atoms with Crippen LogP contribution < -0.4 is 4.74 Å². The first-order valence-corrected chi connectivity index (χ1v) is 5.91. The third-order valence-corrected chi connectivity index (χ3v) is 2.87. The van der Waals surface area contributed by atoms with Gasteiger partial charge >= 0.3 is 5.97 Å². The zero-order valence-corrected chi connectivity index (χ0v) is 11.0. The van der Waals surface area contributed by atoms with Crippen LogP contribution in [-0.2, 0) is 0 Å². The number of carbonyl (C=O) groups is 1. The monoisotopic (exact) mass is 261 g/mol. The van der Waals surface area contributed by atoms with Gasteiger partial charge in [0.15, 0.2) is 11.5 Å². The summed E-state index contributed by atoms with van der Waals surface area (Å²) in [6, 6.07) is 6.99. The summed E-state index contributed by atoms with van der Waals surface area (Å²) >= 11 is 0. The third kappa shape index (κ3) is 2.59. The van der Waals surface area contributed by atoms with Crippen molar-refractivity contribution < 1.29 is 19.2 Å². The Morgan fingerprint density at radius 2 is 2.11 bits per heavy atom. The first-order valence-electron chi connectivity index (χ1n) is 5.91. The normalized spacial score (nSPS) is 10.7. The minimum absolute atomic E-state index is 0.100. The van der Waals surface area contributed by atoms with Crippen molar-refractivity contribution in [2.24, 2.45) is 0 Å². The smallest absolute Gasteiger partial charge is 0.358 e. The number of nitrogens with zero attached hydrogens (tertiary/aromatic N) is 1. The predicted molar refractivity (Wildman–Crippen MR) is 69.5 cm³/mol. The van der Waals surface area contributed by atoms with Gasteiger partial charge in [0.25, 0.3) is 0 Å². The summed E-state index contributed by atoms with van der Waals surface area (Å²) in [5, 5.41) is 12.3. The molecule has 0 unspecified atom stereocenters. The van der Waals surface area contributed by atoms with Crippen molar-refractivity contribution in [3.63, 3.8) is 0 Å². The van der Waals surface area contributed by atoms with Gasteiger partial charge in [-0.2, -0.15) is 0 Å². The average molecular weight is 261 g/mol. The van der Waals surface area contributed by atoms with E-state index >= 15 is 0 Å². The largest absolute Gasteiger partial charge is 0.496 e. The Morgan fingerprint density at radius 3 is 2.63 bits per heavy atom. The molecule has 0 aliphatic carbocycles. The van der Waals surface area contributed by atoms with Crippen molar-refractivity contribution in [1.82, 2.24) is 5.16 Å². The van der Waals surface area contributed by atoms with Gasteiger partial charge in [-0.15, -0.1) is 0 Å². The molecule has 0 amide bonds. The lowest BCUT2D eigenvalue weighted by atomic mass is 9.98. The summed E-state index contributed by atoms with van der Waals surface area (Å²) in [4.78, 5) is 10.8. The minimum Gasteiger partial charge on any atom is -0.496 e. The highest BCUT2D eigenvalue weighted by atomic mass is 16.5. The lowest BCUT2D eigenvalue weighted by molar-refractivity contribution is 0.0686. The molecule has 1 N–H and O–H groups in total. The summed E-state index contributed by atoms with van der Waals surface area (Å²) in [7, 11) is 1.62. The summed E-state index contributed by atoms with van der Waals surface area (Å²) in [6.45, 7) is 4.12. The SMILES string of the molecule is COc1ccc(-c2cc(C(=O)O)no2)cc1C(C)C. The molecule has 2 aromatic rings. The fourth-order valence-corrected chi connectivity index (χ4v) is 1.85. The van der Waals surface area contributed by atoms with Gasteiger partial charge in [0.05, 0.1) is 7.11 Å². The van der Waals surface area contributed by atoms with Crippen LogP contribution in [0.15, 0.2) is 28.8 Å². The number of hydrogen-bond acceptors (Lipinski definition) is 4. The van der Waals surface area contributed by atoms with Gasteiger partial charge in [0.2, 0.25) is 0 Å². The molecular weight excluding hydrogens is 246 g/mol. The topological polar surface area (TPSA) is 72.6 Å². The second-order valence-corrected chi connectivity index (χ2v) is 4.49. The Hall–Kier alpha value is -2.30. The van der Waals surface area contributed by atoms with Crippen molar-refractivity contribution in [2.75, 3.05) is 7.11 Å². The molecule has 2 rings (SSSR count). The van der Waals surface area contributed by atoms with Gasteiger partial charge in [-0.3, -0.25) is 0 Å². The maximum Gasteiger partial charge on any atom is 0.358 e. The van der Waals surface area contributed by atoms with Crippen LogP contribution in [0.5, 0.6) is 5.75 Å². The third-order valence-electron chi connectivity index (χ3n) is 2.87. The number of rotatable bonds is 4. The highest BCUT2D eigenvalue weighted by molar-refractivity contribution is 5.86. The van der Waals surface area contributed by atoms with Crippen LogP contribution in [0.4, 0.5) is 0 Å². The average Bonchev–Trinajstić information content (AvgIpc) is 2.87. The van der Waals surface area contributed by atoms with E-state index < -0.39 is 5.97 Å². The predicted octanol–water partition coefficient (Wildman–Crippen LogP) is 3.17. The summed E-state index contributed by atoms with van der Waals surface area (Å²) < 4.78 is 10.3. The number of hydrogen-bond donors (Lipinski definition) is 1. The molecule has 0 aliphatic rings. The van der Waals surface area contributed by atoms with Crippen molar-refractivity contribution in [2.45, 2.75) is 19.8 Å². The molecule has 19 heavy (non-hydrogen) atoms. The molecule has 1 aromatic heterocycles. The molecule has 0 saturated carbocycles. The highest BCUT2D eigenvalue weighted by Crippen LogP contribution is 2.31. The number of aromatic carboxylic acids is 1. The van der Waals surface area contributed by atoms with E-state index in [2.05, 4.69) is 19.0 Å². The van der Waals surface area contributed by atoms with Gasteiger partial charge in [-0.05, 0) is 29.7 Å². The number of benzene rings is 1. The fourth-order valence-electron chi connectivity index (χ4n) is 1.85. The zero-order chi connectivity index (χ0) is 14.0. The molecule has 1 heterocycles. The lowest BCUT2D eigenvalue weighted by Gasteiger charge is -2.12. The number of aromatic nitrogens is 1. The molecule has 0 fully saturated rings. The zero-order valence-electron chi connectivity index (χ0n) is 11.0. The number of carboxylic acid groups (broad SMARTS) is 1. The summed E-state index contributed by atoms with van der Waals surface area (Å²) in [5.41, 5.74) is 1.72. The van der Waals surface area contributed by atoms with Crippen LogP contribution in [0.2, 0.25) is 0 Å². The van der Waals surface area contributed by atoms with Gasteiger partial charge in [-0.1, -0.05) is 19.0 Å². The standard InChI is InChI=1S/C14H15NO4/c1-8(2)10-6-9(4-5-12(10)18-3)13-7-11(14(16)17)15-19-13/h4-8H,1-3H3,(H,16,17). The van der Waals surface area contributed by atoms with Crippen molar-refractivity contribution in [3.8, 4) is 17.1 Å². The van der Waals surface area contributed by atoms with E-state index in [9.17, 15) is 4.79 Å². The molecule has 100 valence electrons. The fraction of sp³-hybridized carbons (Fsp3) is 0.286. The summed E-state index contributed by atoms with van der Waals surface area (Å²) in [6.07, 6.45) is 0. The van der Waals surface area contributed by atoms with E-state index in [1.165, 1.54) is 6.07 Å². The lowest BCUT2D eigenvalue weighted by Crippen LogP contribution is -1.95. The summed E-state index contributed by atoms with van der Waals surface area (Å²) in [5.74, 6) is 0.419. The molecule has 0 saturated heterocycles. The molecular formula is C14H15NO4. The van der Waals surface area contributed by atoms with Crippen molar-refractivity contribution >= 4 is 5.97 Å². The van der Waals surface area contributed by atoms with Crippen molar-refractivity contribution in [3.05, 3.63) is 35.5 Å². The Bertz CT molecular complexity index is 601. The molecule has 0 radical (unpaired) electrons. The van der Waals surface area contributed by atoms with Gasteiger partial charge in [0.1, 0.15) is 5.75 Å². The van der Waals surface area contributed by atoms with E-state index in [1.54, 1.807) is 7.11 Å². The van der Waals surface area contributed by atoms with Crippen LogP contribution in [0.1, 0.15) is 35.8 Å². The van der Waals surface area contributed by atoms with Crippen molar-refractivity contribution in [1.29, 1.82) is 0 Å². The number of ether oxygens (including phenoxy) is 1. The molecule has 1 aromatic carbocycles. The van der Waals surface area contributed by atoms with Crippen LogP contribution in [0.3, 0.4) is 0 Å². The maximum atomic E-state index is 10.8. The molecule has 5 heteroatoms. The van der Waals surface area contributed by atoms with E-state index in [-0.39, 0.29) is 11.6 Å². The minimum atomic E-state index is -1.10. The molecule has 0 spiro atoms. The van der Waals surface area contributed by atoms with Crippen LogP contribution >= 0.6 is 0 Å². The van der Waals surface area contributed by atoms with E-state index in [4.69, 9.17) is 14.4 Å². The maximum absolute atomic E-state index is 10.8. The Labute approximate surface area is 110 Å². The van der Waals surface area contributed by atoms with Gasteiger partial charge in [-0.25, -0.2) is 4.79 Å². The Kier molecular flexibility index (Phi) is 3.55. The van der Waals surface area contributed by atoms with E-state index in [0.717, 1.165) is 16.9 Å².